The maximum atomic E-state index is 11.9. The van der Waals surface area contributed by atoms with E-state index in [1.54, 1.807) is 302 Å². The summed E-state index contributed by atoms with van der Waals surface area (Å²) in [4.78, 5) is 186. The van der Waals surface area contributed by atoms with Crippen LogP contribution in [0, 0.1) is 0 Å². The number of carboxylic acids is 1. The number of methoxy groups -OCH3 is 3. The Morgan fingerprint density at radius 2 is 0.451 bits per heavy atom. The molecule has 0 aliphatic heterocycles. The Morgan fingerprint density at radius 3 is 0.674 bits per heavy atom. The third-order valence-electron chi connectivity index (χ3n) is 16.2. The fourth-order valence-corrected chi connectivity index (χ4v) is 10.4. The van der Waals surface area contributed by atoms with Gasteiger partial charge in [0, 0.05) is 56.6 Å². The summed E-state index contributed by atoms with van der Waals surface area (Å²) >= 11 is 0. The van der Waals surface area contributed by atoms with E-state index in [-0.39, 0.29) is 72.9 Å². The first-order valence-corrected chi connectivity index (χ1v) is 45.2. The molecule has 8 aromatic carbocycles. The van der Waals surface area contributed by atoms with Gasteiger partial charge in [-0.15, -0.1) is 0 Å². The minimum Gasteiger partial charge on any atom is -0.478 e. The minimum absolute atomic E-state index is 0.0726. The lowest BCUT2D eigenvalue weighted by Crippen LogP contribution is -2.27. The van der Waals surface area contributed by atoms with E-state index in [2.05, 4.69) is 20.7 Å². The number of carbonyl (C=O) groups excluding carboxylic acids is 15. The summed E-state index contributed by atoms with van der Waals surface area (Å²) in [7, 11) is 5.93. The number of hydrogen-bond acceptors (Lipinski definition) is 31. The van der Waals surface area contributed by atoms with Crippen LogP contribution in [0.2, 0.25) is 0 Å². The van der Waals surface area contributed by atoms with Crippen LogP contribution in [0.1, 0.15) is 332 Å². The first-order chi connectivity index (χ1) is 66.6. The molecule has 8 aromatic rings. The zero-order chi connectivity index (χ0) is 110. The lowest BCUT2D eigenvalue weighted by Gasteiger charge is -2.19. The Morgan fingerprint density at radius 1 is 0.250 bits per heavy atom. The lowest BCUT2D eigenvalue weighted by molar-refractivity contribution is 0.00567. The van der Waals surface area contributed by atoms with Crippen molar-refractivity contribution in [1.82, 2.24) is 16.0 Å². The van der Waals surface area contributed by atoms with Gasteiger partial charge in [0.15, 0.2) is 0 Å². The third-order valence-corrected chi connectivity index (χ3v) is 16.2. The molecule has 0 bridgehead atoms. The fraction of sp³-hybridized carbons (Fsp3) is 0.407. The summed E-state index contributed by atoms with van der Waals surface area (Å²) in [6.45, 7) is 43.9. The van der Waals surface area contributed by atoms with Crippen molar-refractivity contribution in [2.24, 2.45) is 5.73 Å². The first kappa shape index (κ1) is 127. The number of benzene rings is 8. The summed E-state index contributed by atoms with van der Waals surface area (Å²) in [5, 5.41) is 33.7. The van der Waals surface area contributed by atoms with Crippen LogP contribution in [0.15, 0.2) is 194 Å². The summed E-state index contributed by atoms with van der Waals surface area (Å²) < 4.78 is 65.7. The van der Waals surface area contributed by atoms with Crippen molar-refractivity contribution in [3.8, 4) is 0 Å². The summed E-state index contributed by atoms with van der Waals surface area (Å²) in [6, 6.07) is 49.7. The van der Waals surface area contributed by atoms with Crippen LogP contribution in [0.25, 0.3) is 0 Å². The Balaban J connectivity index is 0.000000824. The quantitative estimate of drug-likeness (QED) is 0.0150. The molecule has 0 saturated carbocycles. The van der Waals surface area contributed by atoms with Crippen LogP contribution < -0.4 is 21.7 Å². The molecule has 0 radical (unpaired) electrons. The van der Waals surface area contributed by atoms with Gasteiger partial charge in [0.2, 0.25) is 5.91 Å². The zero-order valence-corrected chi connectivity index (χ0v) is 87.4. The highest BCUT2D eigenvalue weighted by atomic mass is 16.6. The maximum absolute atomic E-state index is 11.9. The van der Waals surface area contributed by atoms with E-state index in [0.29, 0.717) is 86.5 Å². The lowest BCUT2D eigenvalue weighted by atomic mass is 10.1. The third kappa shape index (κ3) is 55.4. The smallest absolute Gasteiger partial charge is 0.338 e. The monoisotopic (exact) mass is 2000 g/mol. The molecule has 0 aliphatic carbocycles. The van der Waals surface area contributed by atoms with Crippen molar-refractivity contribution in [1.29, 1.82) is 0 Å². The minimum atomic E-state index is -1.06. The molecule has 0 fully saturated rings. The number of esters is 11. The van der Waals surface area contributed by atoms with Gasteiger partial charge in [-0.05, 0) is 312 Å². The van der Waals surface area contributed by atoms with Crippen molar-refractivity contribution in [3.63, 3.8) is 0 Å². The van der Waals surface area contributed by atoms with Crippen LogP contribution in [-0.2, 0) is 61.6 Å². The SMILES string of the molecule is CC(C)(C)OC(=O)c1cccc(C(=O)NCCO)c1.CC(C)(C)OC(=O)c1cccc(C(=O)O)c1.CC(C)(C)OC(=O)c1cccc(C(=O)OCCO)c1.CC(C)(C)OC(=O)c1cccc(C(N)=O)c1.CNC(=O)c1cccc(C(=O)OC(C)(C)C)c1.COC(=O)c1cccc(C(=O)OC(C)(C)C)c1.COCCNC(=O)c1cccc(C(=O)OC(C)(C)C)c1.COCCOC(=O)c1cccc(C(=O)OC(C)(C)C)c1. The number of primary amides is 1. The average molecular weight is 2010 g/mol. The van der Waals surface area contributed by atoms with Crippen molar-refractivity contribution in [3.05, 3.63) is 283 Å². The number of carbonyl (C=O) groups is 16. The molecule has 36 nitrogen and oxygen atoms in total. The van der Waals surface area contributed by atoms with Crippen molar-refractivity contribution in [2.75, 3.05) is 81.1 Å². The summed E-state index contributed by atoms with van der Waals surface area (Å²) in [5.74, 6) is -7.72. The molecule has 0 unspecified atom stereocenters. The van der Waals surface area contributed by atoms with Crippen LogP contribution in [-0.4, -0.2) is 236 Å². The maximum Gasteiger partial charge on any atom is 0.338 e. The van der Waals surface area contributed by atoms with Crippen LogP contribution >= 0.6 is 0 Å². The number of rotatable bonds is 26. The number of aromatic carboxylic acids is 1. The second-order valence-corrected chi connectivity index (χ2v) is 38.6. The molecule has 8 rings (SSSR count). The number of hydrogen-bond donors (Lipinski definition) is 7. The van der Waals surface area contributed by atoms with Gasteiger partial charge in [-0.1, -0.05) is 48.5 Å². The van der Waals surface area contributed by atoms with Crippen LogP contribution in [0.5, 0.6) is 0 Å². The summed E-state index contributed by atoms with van der Waals surface area (Å²) in [5.41, 5.74) is 5.62. The Kier molecular flexibility index (Phi) is 53.3. The van der Waals surface area contributed by atoms with Gasteiger partial charge in [-0.2, -0.15) is 0 Å². The molecular formula is C108H140N4O32. The van der Waals surface area contributed by atoms with E-state index in [1.165, 1.54) is 87.0 Å². The van der Waals surface area contributed by atoms with Crippen molar-refractivity contribution >= 4 is 95.3 Å². The topological polar surface area (TPSA) is 516 Å². The van der Waals surface area contributed by atoms with E-state index < -0.39 is 122 Å². The van der Waals surface area contributed by atoms with E-state index in [1.807, 2.05) is 0 Å². The molecule has 0 aromatic heterocycles. The summed E-state index contributed by atoms with van der Waals surface area (Å²) in [6.07, 6.45) is 0. The Labute approximate surface area is 841 Å². The number of ether oxygens (including phenoxy) is 13. The number of aliphatic hydroxyl groups is 2. The predicted octanol–water partition coefficient (Wildman–Crippen LogP) is 16.1. The molecule has 0 atom stereocenters. The number of nitrogens with one attached hydrogen (secondary N) is 3. The van der Waals surface area contributed by atoms with E-state index >= 15 is 0 Å². The van der Waals surface area contributed by atoms with Gasteiger partial charge in [-0.3, -0.25) is 19.2 Å². The molecule has 0 saturated heterocycles. The normalized spacial score (nSPS) is 10.9. The Hall–Kier alpha value is -14.9. The van der Waals surface area contributed by atoms with E-state index in [9.17, 15) is 76.7 Å². The van der Waals surface area contributed by atoms with Gasteiger partial charge >= 0.3 is 71.6 Å². The van der Waals surface area contributed by atoms with Crippen LogP contribution in [0.4, 0.5) is 0 Å². The molecule has 36 heteroatoms. The molecule has 8 N–H and O–H groups in total. The van der Waals surface area contributed by atoms with Gasteiger partial charge < -0.3 is 98.6 Å². The van der Waals surface area contributed by atoms with Crippen LogP contribution in [0.3, 0.4) is 0 Å². The highest BCUT2D eigenvalue weighted by Crippen LogP contribution is 2.23. The molecule has 0 spiro atoms. The van der Waals surface area contributed by atoms with Gasteiger partial charge in [0.25, 0.3) is 17.7 Å². The van der Waals surface area contributed by atoms with Gasteiger partial charge in [-0.25, -0.2) is 57.5 Å². The highest BCUT2D eigenvalue weighted by Gasteiger charge is 2.28. The molecule has 0 heterocycles. The molecule has 0 aliphatic rings. The van der Waals surface area contributed by atoms with E-state index in [0.717, 1.165) is 0 Å². The number of aliphatic hydroxyl groups excluding tert-OH is 2. The number of nitrogens with two attached hydrogens (primary N) is 1. The molecular weight excluding hydrogens is 1870 g/mol. The second-order valence-electron chi connectivity index (χ2n) is 38.6. The van der Waals surface area contributed by atoms with Crippen molar-refractivity contribution < 1.29 is 154 Å². The number of amides is 4. The first-order valence-electron chi connectivity index (χ1n) is 45.2. The fourth-order valence-electron chi connectivity index (χ4n) is 10.4. The largest absolute Gasteiger partial charge is 0.478 e. The van der Waals surface area contributed by atoms with E-state index in [4.69, 9.17) is 77.9 Å². The van der Waals surface area contributed by atoms with Crippen molar-refractivity contribution in [2.45, 2.75) is 211 Å². The number of carboxylic acid groups (broad SMARTS) is 1. The standard InChI is InChI=1S/C15H21NO4.C15H20O5.C14H19NO4.C14H18O5.C13H17NO3.C13H16O4.C12H15NO3.C12H14O4/c1-15(2,3)20-14(18)12-7-5-6-11(10-12)13(17)16-8-9-19-4;1-15(2,3)20-14(17)12-7-5-6-11(10-12)13(16)19-9-8-18-4;1-14(2,3)19-13(18)11-6-4-5-10(9-11)12(17)15-7-8-16;1-14(2,3)19-13(17)11-6-4-5-10(9-11)12(16)18-8-7-15;1-13(2,3)17-12(16)10-7-5-6-9(8-10)11(15)14-4;1-13(2,3)17-12(15)10-7-5-6-9(8-10)11(14)16-4;2*1-12(2,3)16-11(15)9-6-4-5-8(7-9)10(13)14/h5-7,10H,8-9H2,1-4H3,(H,16,17);5-7,10H,8-9H2,1-4H3;4-6,9,16H,7-8H2,1-3H3,(H,15,17);4-6,9,15H,7-8H2,1-3H3;5-8H,1-4H3,(H,14,15);5-8H,1-4H3;4-7H,1-3H3,(H2,13,14);4-7H,1-3H3,(H,13,14). The molecule has 144 heavy (non-hydrogen) atoms. The highest BCUT2D eigenvalue weighted by molar-refractivity contribution is 6.02. The molecule has 4 amide bonds. The molecule has 784 valence electrons. The van der Waals surface area contributed by atoms with Gasteiger partial charge in [0.1, 0.15) is 58.0 Å². The van der Waals surface area contributed by atoms with Gasteiger partial charge in [0.05, 0.1) is 100 Å². The zero-order valence-electron chi connectivity index (χ0n) is 87.4. The average Bonchev–Trinajstić information content (AvgIpc) is 0.905. The predicted molar refractivity (Wildman–Crippen MR) is 536 cm³/mol. The Bertz CT molecular complexity index is 5280. The second kappa shape index (κ2) is 60.4.